The second-order valence-corrected chi connectivity index (χ2v) is 17.1. The Kier molecular flexibility index (Phi) is 13.0. The SMILES string of the molecule is Cc1cc(C)c2c(C3CCC4(CCCCC4)CC3)cc(-c3[c-]c4ccccc4c(C(C)(C)C)c3)nc2c1.O=C(/C=C(\O)C(F)(F)F)C1CCCCC1.[Ir]. The summed E-state index contributed by atoms with van der Waals surface area (Å²) >= 11 is 0. The maximum atomic E-state index is 11.9. The number of carbonyl (C=O) groups is 1. The van der Waals surface area contributed by atoms with Crippen LogP contribution in [0.15, 0.2) is 60.4 Å². The van der Waals surface area contributed by atoms with E-state index in [-0.39, 0.29) is 31.4 Å². The van der Waals surface area contributed by atoms with Crippen molar-refractivity contribution < 1.29 is 43.2 Å². The predicted octanol–water partition coefficient (Wildman–Crippen LogP) is 13.5. The number of halogens is 3. The fourth-order valence-electron chi connectivity index (χ4n) is 9.30. The molecule has 7 rings (SSSR count). The zero-order valence-electron chi connectivity index (χ0n) is 32.0. The minimum Gasteiger partial charge on any atom is -0.504 e. The average Bonchev–Trinajstić information content (AvgIpc) is 3.11. The fraction of sp³-hybridized carbons (Fsp3) is 0.522. The number of hydrogen-bond acceptors (Lipinski definition) is 3. The molecule has 1 N–H and O–H groups in total. The Balaban J connectivity index is 0.000000287. The van der Waals surface area contributed by atoms with Gasteiger partial charge < -0.3 is 5.11 Å². The van der Waals surface area contributed by atoms with Crippen molar-refractivity contribution in [3.05, 3.63) is 88.7 Å². The number of benzene rings is 3. The summed E-state index contributed by atoms with van der Waals surface area (Å²) in [6.45, 7) is 11.4. The molecule has 1 radical (unpaired) electrons. The zero-order chi connectivity index (χ0) is 37.3. The second kappa shape index (κ2) is 16.8. The first kappa shape index (κ1) is 41.1. The summed E-state index contributed by atoms with van der Waals surface area (Å²) in [5, 5.41) is 12.5. The van der Waals surface area contributed by atoms with Crippen molar-refractivity contribution in [3.63, 3.8) is 0 Å². The molecule has 7 heteroatoms. The van der Waals surface area contributed by atoms with Gasteiger partial charge in [-0.25, -0.2) is 0 Å². The van der Waals surface area contributed by atoms with Crippen LogP contribution in [0.5, 0.6) is 0 Å². The Hall–Kier alpha value is -3.02. The number of carbonyl (C=O) groups excluding carboxylic acids is 1. The van der Waals surface area contributed by atoms with E-state index in [9.17, 15) is 18.0 Å². The van der Waals surface area contributed by atoms with E-state index in [1.807, 2.05) is 0 Å². The van der Waals surface area contributed by atoms with Gasteiger partial charge in [-0.15, -0.1) is 29.1 Å². The average molecular weight is 903 g/mol. The van der Waals surface area contributed by atoms with Gasteiger partial charge in [0.15, 0.2) is 5.78 Å². The molecule has 1 spiro atoms. The number of aromatic nitrogens is 1. The van der Waals surface area contributed by atoms with Crippen LogP contribution < -0.4 is 0 Å². The number of aryl methyl sites for hydroxylation is 2. The normalized spacial score (nSPS) is 18.8. The molecule has 3 aromatic carbocycles. The summed E-state index contributed by atoms with van der Waals surface area (Å²) in [5.41, 5.74) is 9.63. The van der Waals surface area contributed by atoms with Crippen LogP contribution in [0.4, 0.5) is 13.2 Å². The van der Waals surface area contributed by atoms with Crippen LogP contribution in [0, 0.1) is 31.2 Å². The molecule has 0 aliphatic heterocycles. The minimum atomic E-state index is -4.82. The molecule has 3 aliphatic carbocycles. The van der Waals surface area contributed by atoms with E-state index in [0.29, 0.717) is 30.3 Å². The van der Waals surface area contributed by atoms with Crippen molar-refractivity contribution in [2.75, 3.05) is 0 Å². The van der Waals surface area contributed by atoms with Gasteiger partial charge in [-0.05, 0) is 105 Å². The first-order valence-corrected chi connectivity index (χ1v) is 19.5. The molecular formula is C46H55F3IrNO2-. The number of fused-ring (bicyclic) bond motifs is 2. The number of allylic oxidation sites excluding steroid dienone is 2. The van der Waals surface area contributed by atoms with Crippen molar-refractivity contribution in [2.24, 2.45) is 11.3 Å². The van der Waals surface area contributed by atoms with Gasteiger partial charge in [0.25, 0.3) is 0 Å². The van der Waals surface area contributed by atoms with Crippen molar-refractivity contribution in [1.82, 2.24) is 4.98 Å². The van der Waals surface area contributed by atoms with Crippen LogP contribution >= 0.6 is 0 Å². The Morgan fingerprint density at radius 1 is 0.868 bits per heavy atom. The van der Waals surface area contributed by atoms with Crippen LogP contribution in [0.25, 0.3) is 32.9 Å². The van der Waals surface area contributed by atoms with Crippen molar-refractivity contribution in [1.29, 1.82) is 0 Å². The fourth-order valence-corrected chi connectivity index (χ4v) is 9.30. The maximum absolute atomic E-state index is 11.9. The van der Waals surface area contributed by atoms with Gasteiger partial charge in [-0.3, -0.25) is 9.78 Å². The Morgan fingerprint density at radius 3 is 2.15 bits per heavy atom. The van der Waals surface area contributed by atoms with Crippen LogP contribution in [-0.4, -0.2) is 22.1 Å². The van der Waals surface area contributed by atoms with Gasteiger partial charge in [-0.1, -0.05) is 101 Å². The van der Waals surface area contributed by atoms with Gasteiger partial charge in [-0.2, -0.15) is 13.2 Å². The number of aliphatic hydroxyl groups excluding tert-OH is 1. The van der Waals surface area contributed by atoms with Gasteiger partial charge >= 0.3 is 6.18 Å². The smallest absolute Gasteiger partial charge is 0.448 e. The predicted molar refractivity (Wildman–Crippen MR) is 207 cm³/mol. The third-order valence-electron chi connectivity index (χ3n) is 12.1. The summed E-state index contributed by atoms with van der Waals surface area (Å²) in [7, 11) is 0. The van der Waals surface area contributed by atoms with Gasteiger partial charge in [0.05, 0.1) is 5.52 Å². The van der Waals surface area contributed by atoms with Crippen LogP contribution in [0.2, 0.25) is 0 Å². The molecule has 0 bridgehead atoms. The minimum absolute atomic E-state index is 0. The summed E-state index contributed by atoms with van der Waals surface area (Å²) in [6.07, 6.45) is 12.2. The number of alkyl halides is 3. The molecule has 0 amide bonds. The van der Waals surface area contributed by atoms with Gasteiger partial charge in [0, 0.05) is 43.2 Å². The zero-order valence-corrected chi connectivity index (χ0v) is 34.4. The summed E-state index contributed by atoms with van der Waals surface area (Å²) < 4.78 is 35.7. The van der Waals surface area contributed by atoms with E-state index in [2.05, 4.69) is 89.2 Å². The van der Waals surface area contributed by atoms with E-state index >= 15 is 0 Å². The molecule has 3 saturated carbocycles. The Morgan fingerprint density at radius 2 is 1.51 bits per heavy atom. The Bertz CT molecular complexity index is 1930. The molecule has 0 saturated heterocycles. The maximum Gasteiger partial charge on any atom is 0.448 e. The third-order valence-corrected chi connectivity index (χ3v) is 12.1. The number of aliphatic hydroxyl groups is 1. The third kappa shape index (κ3) is 9.62. The second-order valence-electron chi connectivity index (χ2n) is 17.1. The standard InChI is InChI=1S/C36H42N.C10H13F3O2.Ir/c1-24-19-25(2)34-30(26-13-17-36(18-14-26)15-9-6-10-16-36)23-32(37-33(34)20-24)28-21-27-11-7-8-12-29(27)31(22-28)35(3,4)5;11-10(12,13)9(15)6-8(14)7-4-2-1-3-5-7;/h7-8,11-12,19-20,22-23,26H,6,9-10,13-18H2,1-5H3;6-7,15H,1-5H2;/q-1;;/b;9-6-;. The first-order valence-electron chi connectivity index (χ1n) is 19.5. The largest absolute Gasteiger partial charge is 0.504 e. The number of hydrogen-bond donors (Lipinski definition) is 1. The topological polar surface area (TPSA) is 50.2 Å². The molecule has 0 unspecified atom stereocenters. The monoisotopic (exact) mass is 903 g/mol. The van der Waals surface area contributed by atoms with Crippen LogP contribution in [-0.2, 0) is 30.3 Å². The molecule has 287 valence electrons. The number of rotatable bonds is 4. The van der Waals surface area contributed by atoms with E-state index in [1.165, 1.54) is 96.2 Å². The molecule has 3 aliphatic rings. The summed E-state index contributed by atoms with van der Waals surface area (Å²) in [5.74, 6) is -2.12. The van der Waals surface area contributed by atoms with Crippen molar-refractivity contribution in [2.45, 2.75) is 142 Å². The molecule has 0 atom stereocenters. The molecule has 3 fully saturated rings. The van der Waals surface area contributed by atoms with E-state index < -0.39 is 17.7 Å². The molecule has 1 aromatic heterocycles. The molecule has 3 nitrogen and oxygen atoms in total. The van der Waals surface area contributed by atoms with Gasteiger partial charge in [0.1, 0.15) is 0 Å². The van der Waals surface area contributed by atoms with E-state index in [1.54, 1.807) is 0 Å². The molecular weight excluding hydrogens is 848 g/mol. The van der Waals surface area contributed by atoms with Crippen molar-refractivity contribution in [3.8, 4) is 11.3 Å². The van der Waals surface area contributed by atoms with E-state index in [0.717, 1.165) is 36.0 Å². The number of nitrogens with zero attached hydrogens (tertiary/aromatic N) is 1. The Labute approximate surface area is 327 Å². The summed E-state index contributed by atoms with van der Waals surface area (Å²) in [4.78, 5) is 16.6. The summed E-state index contributed by atoms with van der Waals surface area (Å²) in [6, 6.07) is 21.9. The molecule has 53 heavy (non-hydrogen) atoms. The molecule has 4 aromatic rings. The van der Waals surface area contributed by atoms with Gasteiger partial charge in [0.2, 0.25) is 5.76 Å². The van der Waals surface area contributed by atoms with E-state index in [4.69, 9.17) is 10.1 Å². The first-order chi connectivity index (χ1) is 24.6. The van der Waals surface area contributed by atoms with Crippen molar-refractivity contribution >= 4 is 27.5 Å². The molecule has 1 heterocycles. The number of pyridine rings is 1. The quantitative estimate of drug-likeness (QED) is 0.126. The van der Waals surface area contributed by atoms with Crippen LogP contribution in [0.1, 0.15) is 139 Å². The number of ketones is 1. The van der Waals surface area contributed by atoms with Crippen LogP contribution in [0.3, 0.4) is 0 Å².